The highest BCUT2D eigenvalue weighted by Gasteiger charge is 2.21. The van der Waals surface area contributed by atoms with E-state index in [4.69, 9.17) is 4.42 Å². The van der Waals surface area contributed by atoms with Gasteiger partial charge in [-0.2, -0.15) is 0 Å². The Kier molecular flexibility index (Phi) is 7.39. The van der Waals surface area contributed by atoms with Crippen molar-refractivity contribution in [3.05, 3.63) is 200 Å². The number of thiophene rings is 1. The molecule has 0 aliphatic rings. The zero-order valence-electron chi connectivity index (χ0n) is 29.8. The third kappa shape index (κ3) is 5.32. The monoisotopic (exact) mass is 719 g/mol. The van der Waals surface area contributed by atoms with Crippen LogP contribution in [0.1, 0.15) is 0 Å². The zero-order chi connectivity index (χ0) is 36.3. The van der Waals surface area contributed by atoms with Gasteiger partial charge in [0.15, 0.2) is 0 Å². The lowest BCUT2D eigenvalue weighted by molar-refractivity contribution is 0.670. The smallest absolute Gasteiger partial charge is 0.143 e. The molecular formula is C52H33NOS. The Morgan fingerprint density at radius 3 is 1.80 bits per heavy atom. The number of hydrogen-bond acceptors (Lipinski definition) is 3. The van der Waals surface area contributed by atoms with Gasteiger partial charge in [-0.3, -0.25) is 0 Å². The molecule has 0 radical (unpaired) electrons. The van der Waals surface area contributed by atoms with E-state index in [1.54, 1.807) is 0 Å². The number of furan rings is 1. The van der Waals surface area contributed by atoms with E-state index < -0.39 is 0 Å². The van der Waals surface area contributed by atoms with Crippen LogP contribution in [0.15, 0.2) is 205 Å². The van der Waals surface area contributed by atoms with Crippen LogP contribution in [0.2, 0.25) is 0 Å². The summed E-state index contributed by atoms with van der Waals surface area (Å²) in [6.45, 7) is 0. The molecule has 3 heteroatoms. The second kappa shape index (κ2) is 12.9. The van der Waals surface area contributed by atoms with E-state index in [2.05, 4.69) is 199 Å². The van der Waals surface area contributed by atoms with E-state index in [0.717, 1.165) is 50.1 Å². The quantitative estimate of drug-likeness (QED) is 0.170. The fraction of sp³-hybridized carbons (Fsp3) is 0. The SMILES string of the molecule is c1ccc(N(c2ccc(-c3ccc4c(c3)sc3ccccc34)cc2)c2ccc(-c3cccc4ccccc34)cc2)c(-c2cccc3c2oc2ccccc23)c1. The molecular weight excluding hydrogens is 687 g/mol. The summed E-state index contributed by atoms with van der Waals surface area (Å²) in [6, 6.07) is 72.2. The molecule has 0 fully saturated rings. The second-order valence-corrected chi connectivity index (χ2v) is 15.1. The van der Waals surface area contributed by atoms with Gasteiger partial charge in [0.1, 0.15) is 11.2 Å². The summed E-state index contributed by atoms with van der Waals surface area (Å²) in [4.78, 5) is 2.38. The topological polar surface area (TPSA) is 16.4 Å². The first-order valence-electron chi connectivity index (χ1n) is 18.7. The molecule has 2 nitrogen and oxygen atoms in total. The van der Waals surface area contributed by atoms with E-state index in [0.29, 0.717) is 0 Å². The van der Waals surface area contributed by atoms with Crippen molar-refractivity contribution in [3.63, 3.8) is 0 Å². The Morgan fingerprint density at radius 2 is 0.945 bits per heavy atom. The standard InChI is InChI=1S/C52H33NOS/c1-2-13-40-35(11-1)12-9-17-41(40)36-25-30-39(31-26-36)53(38-28-23-34(24-29-38)37-27-32-45-44-16-5-8-22-50(44)55-51(45)33-37)48-20-6-3-14-42(48)46-18-10-19-47-43-15-4-7-21-49(43)54-52(46)47/h1-33H. The fourth-order valence-corrected chi connectivity index (χ4v) is 9.40. The number of benzene rings is 9. The van der Waals surface area contributed by atoms with Crippen molar-refractivity contribution < 1.29 is 4.42 Å². The van der Waals surface area contributed by atoms with Crippen molar-refractivity contribution in [1.29, 1.82) is 0 Å². The number of fused-ring (bicyclic) bond motifs is 7. The number of anilines is 3. The Balaban J connectivity index is 1.05. The van der Waals surface area contributed by atoms with Crippen LogP contribution < -0.4 is 4.90 Å². The van der Waals surface area contributed by atoms with Crippen molar-refractivity contribution >= 4 is 81.3 Å². The van der Waals surface area contributed by atoms with Gasteiger partial charge in [-0.05, 0) is 81.6 Å². The predicted octanol–water partition coefficient (Wildman–Crippen LogP) is 15.6. The van der Waals surface area contributed by atoms with Crippen molar-refractivity contribution in [1.82, 2.24) is 0 Å². The largest absolute Gasteiger partial charge is 0.455 e. The maximum Gasteiger partial charge on any atom is 0.143 e. The fourth-order valence-electron chi connectivity index (χ4n) is 8.26. The molecule has 11 rings (SSSR count). The molecule has 2 aromatic heterocycles. The maximum atomic E-state index is 6.58. The molecule has 0 bridgehead atoms. The first-order valence-corrected chi connectivity index (χ1v) is 19.5. The van der Waals surface area contributed by atoms with Crippen molar-refractivity contribution in [2.75, 3.05) is 4.90 Å². The van der Waals surface area contributed by atoms with Crippen LogP contribution in [-0.4, -0.2) is 0 Å². The number of rotatable bonds is 6. The van der Waals surface area contributed by atoms with E-state index in [1.165, 1.54) is 53.2 Å². The molecule has 0 aliphatic carbocycles. The van der Waals surface area contributed by atoms with Crippen LogP contribution in [0.4, 0.5) is 17.1 Å². The molecule has 0 amide bonds. The van der Waals surface area contributed by atoms with Crippen molar-refractivity contribution in [3.8, 4) is 33.4 Å². The molecule has 0 N–H and O–H groups in total. The number of nitrogens with zero attached hydrogens (tertiary/aromatic N) is 1. The lowest BCUT2D eigenvalue weighted by Crippen LogP contribution is -2.11. The van der Waals surface area contributed by atoms with Gasteiger partial charge in [-0.25, -0.2) is 0 Å². The van der Waals surface area contributed by atoms with Gasteiger partial charge in [0, 0.05) is 53.4 Å². The molecule has 11 aromatic rings. The zero-order valence-corrected chi connectivity index (χ0v) is 30.6. The summed E-state index contributed by atoms with van der Waals surface area (Å²) < 4.78 is 9.21. The summed E-state index contributed by atoms with van der Waals surface area (Å²) in [7, 11) is 0. The molecule has 9 aromatic carbocycles. The third-order valence-electron chi connectivity index (χ3n) is 10.9. The maximum absolute atomic E-state index is 6.58. The Morgan fingerprint density at radius 1 is 0.364 bits per heavy atom. The minimum Gasteiger partial charge on any atom is -0.455 e. The first kappa shape index (κ1) is 31.6. The van der Waals surface area contributed by atoms with Crippen LogP contribution in [0.3, 0.4) is 0 Å². The highest BCUT2D eigenvalue weighted by atomic mass is 32.1. The van der Waals surface area contributed by atoms with Gasteiger partial charge >= 0.3 is 0 Å². The van der Waals surface area contributed by atoms with Gasteiger partial charge in [0.2, 0.25) is 0 Å². The summed E-state index contributed by atoms with van der Waals surface area (Å²) in [5.41, 5.74) is 12.0. The highest BCUT2D eigenvalue weighted by molar-refractivity contribution is 7.25. The van der Waals surface area contributed by atoms with E-state index >= 15 is 0 Å². The summed E-state index contributed by atoms with van der Waals surface area (Å²) in [5.74, 6) is 0. The van der Waals surface area contributed by atoms with E-state index in [-0.39, 0.29) is 0 Å². The Labute approximate surface area is 322 Å². The molecule has 0 aliphatic heterocycles. The van der Waals surface area contributed by atoms with Crippen LogP contribution in [0, 0.1) is 0 Å². The van der Waals surface area contributed by atoms with Gasteiger partial charge < -0.3 is 9.32 Å². The van der Waals surface area contributed by atoms with Gasteiger partial charge in [0.05, 0.1) is 5.69 Å². The van der Waals surface area contributed by atoms with E-state index in [1.807, 2.05) is 17.4 Å². The predicted molar refractivity (Wildman–Crippen MR) is 235 cm³/mol. The number of hydrogen-bond donors (Lipinski definition) is 0. The average Bonchev–Trinajstić information content (AvgIpc) is 3.83. The Hall–Kier alpha value is -6.94. The van der Waals surface area contributed by atoms with Gasteiger partial charge in [-0.1, -0.05) is 152 Å². The molecule has 0 saturated carbocycles. The molecule has 0 unspecified atom stereocenters. The first-order chi connectivity index (χ1) is 27.3. The summed E-state index contributed by atoms with van der Waals surface area (Å²) in [6.07, 6.45) is 0. The third-order valence-corrected chi connectivity index (χ3v) is 12.0. The van der Waals surface area contributed by atoms with Crippen LogP contribution in [0.5, 0.6) is 0 Å². The normalized spacial score (nSPS) is 11.6. The number of para-hydroxylation sites is 3. The van der Waals surface area contributed by atoms with Crippen LogP contribution >= 0.6 is 11.3 Å². The minimum atomic E-state index is 0.896. The van der Waals surface area contributed by atoms with Crippen molar-refractivity contribution in [2.24, 2.45) is 0 Å². The van der Waals surface area contributed by atoms with Crippen LogP contribution in [0.25, 0.3) is 86.3 Å². The second-order valence-electron chi connectivity index (χ2n) is 14.1. The lowest BCUT2D eigenvalue weighted by Gasteiger charge is -2.28. The molecule has 258 valence electrons. The highest BCUT2D eigenvalue weighted by Crippen LogP contribution is 2.45. The lowest BCUT2D eigenvalue weighted by atomic mass is 9.97. The molecule has 55 heavy (non-hydrogen) atoms. The van der Waals surface area contributed by atoms with Gasteiger partial charge in [-0.15, -0.1) is 11.3 Å². The van der Waals surface area contributed by atoms with E-state index in [9.17, 15) is 0 Å². The Bertz CT molecular complexity index is 3200. The molecule has 0 atom stereocenters. The summed E-state index contributed by atoms with van der Waals surface area (Å²) >= 11 is 1.86. The summed E-state index contributed by atoms with van der Waals surface area (Å²) in [5, 5.41) is 7.38. The van der Waals surface area contributed by atoms with Crippen LogP contribution in [-0.2, 0) is 0 Å². The van der Waals surface area contributed by atoms with Gasteiger partial charge in [0.25, 0.3) is 0 Å². The average molecular weight is 720 g/mol. The molecule has 2 heterocycles. The molecule has 0 saturated heterocycles. The van der Waals surface area contributed by atoms with Crippen molar-refractivity contribution in [2.45, 2.75) is 0 Å². The molecule has 0 spiro atoms. The minimum absolute atomic E-state index is 0.896.